The van der Waals surface area contributed by atoms with Gasteiger partial charge in [-0.25, -0.2) is 0 Å². The third-order valence-corrected chi connectivity index (χ3v) is 5.71. The third-order valence-electron chi connectivity index (χ3n) is 5.71. The third kappa shape index (κ3) is 7.65. The van der Waals surface area contributed by atoms with Crippen LogP contribution in [0.1, 0.15) is 49.5 Å². The molecular formula is C26H37NO6. The lowest BCUT2D eigenvalue weighted by Crippen LogP contribution is -2.44. The molecule has 1 atom stereocenters. The number of hydrogen-bond acceptors (Lipinski definition) is 7. The molecule has 0 aliphatic rings. The summed E-state index contributed by atoms with van der Waals surface area (Å²) in [5.41, 5.74) is 1.36. The monoisotopic (exact) mass is 459 g/mol. The van der Waals surface area contributed by atoms with Gasteiger partial charge in [0.15, 0.2) is 17.3 Å². The van der Waals surface area contributed by atoms with Gasteiger partial charge in [0, 0.05) is 24.1 Å². The Morgan fingerprint density at radius 1 is 1.03 bits per heavy atom. The smallest absolute Gasteiger partial charge is 0.203 e. The largest absolute Gasteiger partial charge is 0.493 e. The first kappa shape index (κ1) is 26.5. The molecule has 2 N–H and O–H groups in total. The fourth-order valence-electron chi connectivity index (χ4n) is 3.25. The number of nitrogens with one attached hydrogen (secondary N) is 1. The van der Waals surface area contributed by atoms with Crippen LogP contribution >= 0.6 is 0 Å². The van der Waals surface area contributed by atoms with Crippen molar-refractivity contribution in [2.45, 2.75) is 51.7 Å². The van der Waals surface area contributed by atoms with Crippen LogP contribution in [0.2, 0.25) is 0 Å². The zero-order valence-corrected chi connectivity index (χ0v) is 20.6. The summed E-state index contributed by atoms with van der Waals surface area (Å²) in [6, 6.07) is 10.9. The minimum Gasteiger partial charge on any atom is -0.493 e. The number of methoxy groups -OCH3 is 3. The van der Waals surface area contributed by atoms with Gasteiger partial charge in [-0.05, 0) is 50.5 Å². The predicted octanol–water partition coefficient (Wildman–Crippen LogP) is 4.05. The number of aryl methyl sites for hydroxylation is 1. The van der Waals surface area contributed by atoms with Gasteiger partial charge < -0.3 is 29.4 Å². The van der Waals surface area contributed by atoms with Crippen LogP contribution in [0.4, 0.5) is 0 Å². The fraction of sp³-hybridized carbons (Fsp3) is 0.500. The van der Waals surface area contributed by atoms with E-state index in [2.05, 4.69) is 26.1 Å². The Balaban J connectivity index is 2.02. The quantitative estimate of drug-likeness (QED) is 0.412. The lowest BCUT2D eigenvalue weighted by Gasteiger charge is -2.26. The molecule has 0 bridgehead atoms. The van der Waals surface area contributed by atoms with Gasteiger partial charge in [-0.1, -0.05) is 25.1 Å². The average Bonchev–Trinajstić information content (AvgIpc) is 2.84. The summed E-state index contributed by atoms with van der Waals surface area (Å²) in [6.45, 7) is 6.92. The topological polar surface area (TPSA) is 86.2 Å². The van der Waals surface area contributed by atoms with Crippen molar-refractivity contribution in [2.75, 3.05) is 34.5 Å². The second kappa shape index (κ2) is 12.5. The minimum atomic E-state index is -0.634. The number of aliphatic hydroxyl groups is 1. The van der Waals surface area contributed by atoms with E-state index in [1.54, 1.807) is 12.1 Å². The number of carbonyl (C=O) groups excluding carboxylic acids is 1. The van der Waals surface area contributed by atoms with Crippen molar-refractivity contribution in [2.24, 2.45) is 0 Å². The van der Waals surface area contributed by atoms with Crippen molar-refractivity contribution >= 4 is 5.78 Å². The van der Waals surface area contributed by atoms with Crippen molar-refractivity contribution < 1.29 is 28.8 Å². The number of para-hydroxylation sites is 1. The maximum absolute atomic E-state index is 12.9. The van der Waals surface area contributed by atoms with Gasteiger partial charge in [-0.2, -0.15) is 0 Å². The molecular weight excluding hydrogens is 422 g/mol. The highest BCUT2D eigenvalue weighted by Gasteiger charge is 2.18. The molecule has 0 aromatic heterocycles. The van der Waals surface area contributed by atoms with Crippen molar-refractivity contribution in [3.05, 3.63) is 47.5 Å². The first-order valence-corrected chi connectivity index (χ1v) is 11.2. The fourth-order valence-corrected chi connectivity index (χ4v) is 3.25. The van der Waals surface area contributed by atoms with E-state index in [1.807, 2.05) is 24.3 Å². The first-order valence-electron chi connectivity index (χ1n) is 11.2. The Morgan fingerprint density at radius 2 is 1.67 bits per heavy atom. The second-order valence-corrected chi connectivity index (χ2v) is 8.53. The molecule has 0 aliphatic heterocycles. The standard InChI is InChI=1S/C26H37NO6/c1-7-26(2,3)27-16-20(28)17-33-22-11-9-8-10-18(22)12-13-21(29)19-14-23(30-4)25(32-6)24(15-19)31-5/h8-11,14-15,20,27-28H,7,12-13,16-17H2,1-6H3. The minimum absolute atomic E-state index is 0.0356. The molecule has 0 saturated carbocycles. The van der Waals surface area contributed by atoms with E-state index >= 15 is 0 Å². The lowest BCUT2D eigenvalue weighted by molar-refractivity contribution is 0.0966. The van der Waals surface area contributed by atoms with Crippen molar-refractivity contribution in [3.63, 3.8) is 0 Å². The van der Waals surface area contributed by atoms with E-state index in [1.165, 1.54) is 21.3 Å². The number of carbonyl (C=O) groups is 1. The van der Waals surface area contributed by atoms with Gasteiger partial charge in [0.05, 0.1) is 21.3 Å². The van der Waals surface area contributed by atoms with Crippen LogP contribution in [0.3, 0.4) is 0 Å². The number of ketones is 1. The van der Waals surface area contributed by atoms with E-state index < -0.39 is 6.10 Å². The summed E-state index contributed by atoms with van der Waals surface area (Å²) in [7, 11) is 4.56. The molecule has 0 amide bonds. The summed E-state index contributed by atoms with van der Waals surface area (Å²) >= 11 is 0. The Kier molecular flexibility index (Phi) is 10.0. The van der Waals surface area contributed by atoms with Gasteiger partial charge in [0.25, 0.3) is 0 Å². The van der Waals surface area contributed by atoms with E-state index in [-0.39, 0.29) is 24.3 Å². The number of aliphatic hydroxyl groups excluding tert-OH is 1. The molecule has 7 nitrogen and oxygen atoms in total. The predicted molar refractivity (Wildman–Crippen MR) is 129 cm³/mol. The number of ether oxygens (including phenoxy) is 4. The molecule has 0 saturated heterocycles. The Hall–Kier alpha value is -2.77. The SMILES string of the molecule is CCC(C)(C)NCC(O)COc1ccccc1CCC(=O)c1cc(OC)c(OC)c(OC)c1. The molecule has 2 aromatic rings. The van der Waals surface area contributed by atoms with E-state index in [0.29, 0.717) is 41.5 Å². The number of hydrogen-bond donors (Lipinski definition) is 2. The van der Waals surface area contributed by atoms with Crippen LogP contribution in [0.15, 0.2) is 36.4 Å². The normalized spacial score (nSPS) is 12.2. The van der Waals surface area contributed by atoms with E-state index in [4.69, 9.17) is 18.9 Å². The van der Waals surface area contributed by atoms with Gasteiger partial charge in [0.2, 0.25) is 5.75 Å². The molecule has 0 aliphatic carbocycles. The molecule has 0 spiro atoms. The number of benzene rings is 2. The van der Waals surface area contributed by atoms with Crippen molar-refractivity contribution in [1.29, 1.82) is 0 Å². The highest BCUT2D eigenvalue weighted by atomic mass is 16.5. The molecule has 33 heavy (non-hydrogen) atoms. The molecule has 0 heterocycles. The zero-order chi connectivity index (χ0) is 24.4. The van der Waals surface area contributed by atoms with Crippen LogP contribution in [0.5, 0.6) is 23.0 Å². The lowest BCUT2D eigenvalue weighted by atomic mass is 10.0. The summed E-state index contributed by atoms with van der Waals surface area (Å²) in [5.74, 6) is 1.96. The summed E-state index contributed by atoms with van der Waals surface area (Å²) < 4.78 is 21.9. The summed E-state index contributed by atoms with van der Waals surface area (Å²) in [4.78, 5) is 12.9. The summed E-state index contributed by atoms with van der Waals surface area (Å²) in [6.07, 6.45) is 1.12. The van der Waals surface area contributed by atoms with E-state index in [9.17, 15) is 9.90 Å². The molecule has 7 heteroatoms. The van der Waals surface area contributed by atoms with Gasteiger partial charge in [0.1, 0.15) is 18.5 Å². The highest BCUT2D eigenvalue weighted by Crippen LogP contribution is 2.38. The van der Waals surface area contributed by atoms with Crippen LogP contribution in [0.25, 0.3) is 0 Å². The maximum atomic E-state index is 12.9. The maximum Gasteiger partial charge on any atom is 0.203 e. The molecule has 1 unspecified atom stereocenters. The average molecular weight is 460 g/mol. The van der Waals surface area contributed by atoms with Crippen LogP contribution in [0, 0.1) is 0 Å². The summed E-state index contributed by atoms with van der Waals surface area (Å²) in [5, 5.41) is 13.6. The molecule has 2 rings (SSSR count). The zero-order valence-electron chi connectivity index (χ0n) is 20.6. The molecule has 0 radical (unpaired) electrons. The Bertz CT molecular complexity index is 886. The Morgan fingerprint density at radius 3 is 2.24 bits per heavy atom. The number of Topliss-reactive ketones (excluding diaryl/α,β-unsaturated/α-hetero) is 1. The number of β-amino-alcohol motifs (C(OH)–C–C–N with tert-alkyl or cyclic N) is 1. The molecule has 2 aromatic carbocycles. The van der Waals surface area contributed by atoms with Crippen LogP contribution in [-0.4, -0.2) is 57.0 Å². The van der Waals surface area contributed by atoms with Crippen LogP contribution < -0.4 is 24.3 Å². The van der Waals surface area contributed by atoms with Gasteiger partial charge in [-0.15, -0.1) is 0 Å². The number of rotatable bonds is 14. The van der Waals surface area contributed by atoms with Crippen molar-refractivity contribution in [3.8, 4) is 23.0 Å². The first-order chi connectivity index (χ1) is 15.7. The second-order valence-electron chi connectivity index (χ2n) is 8.53. The highest BCUT2D eigenvalue weighted by molar-refractivity contribution is 5.97. The van der Waals surface area contributed by atoms with Gasteiger partial charge in [-0.3, -0.25) is 4.79 Å². The molecule has 182 valence electrons. The van der Waals surface area contributed by atoms with E-state index in [0.717, 1.165) is 12.0 Å². The van der Waals surface area contributed by atoms with Crippen molar-refractivity contribution in [1.82, 2.24) is 5.32 Å². The molecule has 0 fully saturated rings. The Labute approximate surface area is 197 Å². The van der Waals surface area contributed by atoms with Crippen LogP contribution in [-0.2, 0) is 6.42 Å². The van der Waals surface area contributed by atoms with Gasteiger partial charge >= 0.3 is 0 Å².